The van der Waals surface area contributed by atoms with Crippen LogP contribution < -0.4 is 5.76 Å². The molecular formula is C19H21N3O6. The van der Waals surface area contributed by atoms with Gasteiger partial charge in [-0.15, -0.1) is 0 Å². The monoisotopic (exact) mass is 387 g/mol. The van der Waals surface area contributed by atoms with Crippen molar-refractivity contribution in [2.24, 2.45) is 0 Å². The molecule has 3 rings (SSSR count). The summed E-state index contributed by atoms with van der Waals surface area (Å²) in [5.41, 5.74) is 2.41. The predicted octanol–water partition coefficient (Wildman–Crippen LogP) is 3.01. The van der Waals surface area contributed by atoms with Gasteiger partial charge in [0.25, 0.3) is 5.69 Å². The van der Waals surface area contributed by atoms with Crippen molar-refractivity contribution in [1.29, 1.82) is 0 Å². The second kappa shape index (κ2) is 7.43. The number of rotatable bonds is 7. The zero-order valence-electron chi connectivity index (χ0n) is 16.1. The molecule has 28 heavy (non-hydrogen) atoms. The maximum atomic E-state index is 12.9. The molecule has 0 aliphatic rings. The molecule has 1 aromatic carbocycles. The van der Waals surface area contributed by atoms with Crippen LogP contribution in [-0.4, -0.2) is 33.6 Å². The summed E-state index contributed by atoms with van der Waals surface area (Å²) < 4.78 is 13.4. The van der Waals surface area contributed by atoms with Gasteiger partial charge in [-0.2, -0.15) is 0 Å². The molecular weight excluding hydrogens is 366 g/mol. The molecule has 0 fully saturated rings. The number of non-ortho nitro benzene ring substituents is 1. The SMILES string of the molecule is COCC(C)n1c(C)cc(C(=O)Cn2c(=O)oc3ccc([N+](=O)[O-])cc32)c1C. The molecule has 0 aliphatic carbocycles. The number of nitro benzene ring substituents is 1. The molecule has 0 bridgehead atoms. The van der Waals surface area contributed by atoms with E-state index in [2.05, 4.69) is 0 Å². The van der Waals surface area contributed by atoms with E-state index >= 15 is 0 Å². The molecule has 0 N–H and O–H groups in total. The van der Waals surface area contributed by atoms with Crippen LogP contribution in [0, 0.1) is 24.0 Å². The number of fused-ring (bicyclic) bond motifs is 1. The first-order valence-corrected chi connectivity index (χ1v) is 8.73. The topological polar surface area (TPSA) is 110 Å². The molecule has 2 heterocycles. The van der Waals surface area contributed by atoms with Crippen LogP contribution in [0.15, 0.2) is 33.5 Å². The number of hydrogen-bond donors (Lipinski definition) is 0. The second-order valence-corrected chi connectivity index (χ2v) is 6.75. The molecule has 0 radical (unpaired) electrons. The minimum absolute atomic E-state index is 0.0478. The number of nitro groups is 1. The highest BCUT2D eigenvalue weighted by Gasteiger charge is 2.22. The van der Waals surface area contributed by atoms with Crippen LogP contribution >= 0.6 is 0 Å². The molecule has 148 valence electrons. The number of carbonyl (C=O) groups is 1. The first-order valence-electron chi connectivity index (χ1n) is 8.73. The van der Waals surface area contributed by atoms with Crippen molar-refractivity contribution in [2.75, 3.05) is 13.7 Å². The fourth-order valence-electron chi connectivity index (χ4n) is 3.60. The van der Waals surface area contributed by atoms with Gasteiger partial charge in [0.1, 0.15) is 0 Å². The first kappa shape index (κ1) is 19.6. The van der Waals surface area contributed by atoms with Crippen LogP contribution in [-0.2, 0) is 11.3 Å². The summed E-state index contributed by atoms with van der Waals surface area (Å²) in [6.07, 6.45) is 0. The smallest absolute Gasteiger partial charge is 0.408 e. The number of ether oxygens (including phenoxy) is 1. The van der Waals surface area contributed by atoms with Crippen molar-refractivity contribution in [3.63, 3.8) is 0 Å². The van der Waals surface area contributed by atoms with E-state index in [9.17, 15) is 19.7 Å². The minimum Gasteiger partial charge on any atom is -0.408 e. The molecule has 0 saturated carbocycles. The number of oxazole rings is 1. The third kappa shape index (κ3) is 3.36. The summed E-state index contributed by atoms with van der Waals surface area (Å²) in [5, 5.41) is 11.0. The molecule has 2 aromatic heterocycles. The molecule has 9 nitrogen and oxygen atoms in total. The van der Waals surface area contributed by atoms with E-state index < -0.39 is 10.7 Å². The Kier molecular flexibility index (Phi) is 5.19. The predicted molar refractivity (Wildman–Crippen MR) is 102 cm³/mol. The van der Waals surface area contributed by atoms with Crippen LogP contribution in [0.2, 0.25) is 0 Å². The number of benzene rings is 1. The Morgan fingerprint density at radius 2 is 2.04 bits per heavy atom. The van der Waals surface area contributed by atoms with Gasteiger partial charge in [0.15, 0.2) is 11.4 Å². The van der Waals surface area contributed by atoms with Gasteiger partial charge in [-0.05, 0) is 32.9 Å². The number of Topliss-reactive ketones (excluding diaryl/α,β-unsaturated/α-hetero) is 1. The van der Waals surface area contributed by atoms with Gasteiger partial charge >= 0.3 is 5.76 Å². The Labute approximate surface area is 160 Å². The van der Waals surface area contributed by atoms with Crippen molar-refractivity contribution in [3.8, 4) is 0 Å². The fraction of sp³-hybridized carbons (Fsp3) is 0.368. The van der Waals surface area contributed by atoms with Gasteiger partial charge < -0.3 is 13.7 Å². The van der Waals surface area contributed by atoms with Crippen LogP contribution in [0.3, 0.4) is 0 Å². The first-order chi connectivity index (χ1) is 13.2. The summed E-state index contributed by atoms with van der Waals surface area (Å²) in [4.78, 5) is 35.6. The van der Waals surface area contributed by atoms with E-state index in [1.807, 2.05) is 25.3 Å². The van der Waals surface area contributed by atoms with E-state index in [1.54, 1.807) is 13.2 Å². The third-order valence-corrected chi connectivity index (χ3v) is 4.80. The Bertz CT molecular complexity index is 1120. The van der Waals surface area contributed by atoms with Gasteiger partial charge in [0, 0.05) is 36.2 Å². The molecule has 9 heteroatoms. The Hall–Kier alpha value is -3.20. The Balaban J connectivity index is 1.99. The van der Waals surface area contributed by atoms with Crippen LogP contribution in [0.25, 0.3) is 11.1 Å². The molecule has 0 aliphatic heterocycles. The van der Waals surface area contributed by atoms with E-state index in [4.69, 9.17) is 9.15 Å². The number of nitrogens with zero attached hydrogens (tertiary/aromatic N) is 3. The highest BCUT2D eigenvalue weighted by atomic mass is 16.6. The van der Waals surface area contributed by atoms with Gasteiger partial charge in [-0.3, -0.25) is 19.5 Å². The van der Waals surface area contributed by atoms with Crippen molar-refractivity contribution < 1.29 is 18.9 Å². The van der Waals surface area contributed by atoms with E-state index in [0.29, 0.717) is 12.2 Å². The zero-order valence-corrected chi connectivity index (χ0v) is 16.1. The van der Waals surface area contributed by atoms with Gasteiger partial charge in [-0.1, -0.05) is 0 Å². The van der Waals surface area contributed by atoms with Crippen LogP contribution in [0.1, 0.15) is 34.7 Å². The van der Waals surface area contributed by atoms with Gasteiger partial charge in [0.2, 0.25) is 0 Å². The lowest BCUT2D eigenvalue weighted by Crippen LogP contribution is -2.21. The number of aryl methyl sites for hydroxylation is 1. The van der Waals surface area contributed by atoms with Crippen molar-refractivity contribution in [2.45, 2.75) is 33.4 Å². The highest BCUT2D eigenvalue weighted by Crippen LogP contribution is 2.23. The molecule has 1 atom stereocenters. The van der Waals surface area contributed by atoms with Crippen LogP contribution in [0.4, 0.5) is 5.69 Å². The van der Waals surface area contributed by atoms with E-state index in [0.717, 1.165) is 16.0 Å². The average molecular weight is 387 g/mol. The maximum absolute atomic E-state index is 12.9. The van der Waals surface area contributed by atoms with Crippen molar-refractivity contribution in [1.82, 2.24) is 9.13 Å². The summed E-state index contributed by atoms with van der Waals surface area (Å²) >= 11 is 0. The number of ketones is 1. The van der Waals surface area contributed by atoms with Crippen molar-refractivity contribution >= 4 is 22.6 Å². The quantitative estimate of drug-likeness (QED) is 0.350. The number of aromatic nitrogens is 2. The fourth-order valence-corrected chi connectivity index (χ4v) is 3.60. The minimum atomic E-state index is -0.731. The van der Waals surface area contributed by atoms with E-state index in [1.165, 1.54) is 18.2 Å². The van der Waals surface area contributed by atoms with Gasteiger partial charge in [-0.25, -0.2) is 4.79 Å². The lowest BCUT2D eigenvalue weighted by atomic mass is 10.1. The molecule has 0 saturated heterocycles. The molecule has 1 unspecified atom stereocenters. The number of carbonyl (C=O) groups excluding carboxylic acids is 1. The number of hydrogen-bond acceptors (Lipinski definition) is 6. The number of methoxy groups -OCH3 is 1. The highest BCUT2D eigenvalue weighted by molar-refractivity contribution is 5.98. The normalized spacial score (nSPS) is 12.4. The lowest BCUT2D eigenvalue weighted by Gasteiger charge is -2.17. The zero-order chi connectivity index (χ0) is 20.6. The third-order valence-electron chi connectivity index (χ3n) is 4.80. The maximum Gasteiger partial charge on any atom is 0.420 e. The molecule has 3 aromatic rings. The van der Waals surface area contributed by atoms with Crippen molar-refractivity contribution in [3.05, 3.63) is 61.9 Å². The van der Waals surface area contributed by atoms with Gasteiger partial charge in [0.05, 0.1) is 29.6 Å². The largest absolute Gasteiger partial charge is 0.420 e. The van der Waals surface area contributed by atoms with E-state index in [-0.39, 0.29) is 35.2 Å². The summed E-state index contributed by atoms with van der Waals surface area (Å²) in [6.45, 7) is 5.96. The Morgan fingerprint density at radius 3 is 2.68 bits per heavy atom. The Morgan fingerprint density at radius 1 is 1.32 bits per heavy atom. The summed E-state index contributed by atoms with van der Waals surface area (Å²) in [5.74, 6) is -1.01. The lowest BCUT2D eigenvalue weighted by molar-refractivity contribution is -0.384. The summed E-state index contributed by atoms with van der Waals surface area (Å²) in [7, 11) is 1.62. The molecule has 0 spiro atoms. The summed E-state index contributed by atoms with van der Waals surface area (Å²) in [6, 6.07) is 5.67. The standard InChI is InChI=1S/C19H21N3O6/c1-11-7-15(13(3)21(11)12(2)10-27-4)17(23)9-20-16-8-14(22(25)26)5-6-18(16)28-19(20)24/h5-8,12H,9-10H2,1-4H3. The molecule has 0 amide bonds. The average Bonchev–Trinajstić information content (AvgIpc) is 3.10. The van der Waals surface area contributed by atoms with Crippen LogP contribution in [0.5, 0.6) is 0 Å². The second-order valence-electron chi connectivity index (χ2n) is 6.75.